The van der Waals surface area contributed by atoms with Crippen molar-refractivity contribution < 1.29 is 27.3 Å². The van der Waals surface area contributed by atoms with Crippen LogP contribution < -0.4 is 15.5 Å². The Labute approximate surface area is 165 Å². The first kappa shape index (κ1) is 22.3. The van der Waals surface area contributed by atoms with E-state index in [1.54, 1.807) is 0 Å². The van der Waals surface area contributed by atoms with Gasteiger partial charge in [0.25, 0.3) is 5.91 Å². The number of imide groups is 1. The molecule has 1 aromatic rings. The molecule has 1 heterocycles. The maximum absolute atomic E-state index is 13.8. The molecular formula is C18H28FN4O4S+. The van der Waals surface area contributed by atoms with Gasteiger partial charge < -0.3 is 10.2 Å². The highest BCUT2D eigenvalue weighted by atomic mass is 32.2. The number of nitrogens with zero attached hydrogens (tertiary/aromatic N) is 1. The Bertz CT molecular complexity index is 793. The lowest BCUT2D eigenvalue weighted by molar-refractivity contribution is -0.895. The third-order valence-electron chi connectivity index (χ3n) is 4.55. The summed E-state index contributed by atoms with van der Waals surface area (Å²) >= 11 is 0. The molecule has 28 heavy (non-hydrogen) atoms. The molecule has 2 rings (SSSR count). The molecular weight excluding hydrogens is 387 g/mol. The fraction of sp³-hybridized carbons (Fsp3) is 0.556. The van der Waals surface area contributed by atoms with E-state index in [2.05, 4.69) is 10.6 Å². The molecule has 0 bridgehead atoms. The Hall–Kier alpha value is -2.04. The molecule has 0 unspecified atom stereocenters. The van der Waals surface area contributed by atoms with Crippen LogP contribution in [-0.4, -0.2) is 63.9 Å². The summed E-state index contributed by atoms with van der Waals surface area (Å²) in [4.78, 5) is 24.2. The first-order chi connectivity index (χ1) is 13.2. The van der Waals surface area contributed by atoms with Crippen molar-refractivity contribution in [3.63, 3.8) is 0 Å². The van der Waals surface area contributed by atoms with Crippen LogP contribution in [0.5, 0.6) is 0 Å². The van der Waals surface area contributed by atoms with Gasteiger partial charge in [-0.25, -0.2) is 17.6 Å². The Morgan fingerprint density at radius 2 is 1.86 bits per heavy atom. The molecule has 0 atom stereocenters. The Morgan fingerprint density at radius 3 is 2.46 bits per heavy atom. The van der Waals surface area contributed by atoms with Gasteiger partial charge in [-0.05, 0) is 24.5 Å². The number of carbonyl (C=O) groups excluding carboxylic acids is 2. The van der Waals surface area contributed by atoms with Crippen LogP contribution in [0.4, 0.5) is 9.18 Å². The van der Waals surface area contributed by atoms with Gasteiger partial charge in [-0.3, -0.25) is 10.1 Å². The number of rotatable bonds is 7. The number of urea groups is 1. The van der Waals surface area contributed by atoms with Crippen LogP contribution in [0, 0.1) is 11.7 Å². The quantitative estimate of drug-likeness (QED) is 0.564. The second-order valence-corrected chi connectivity index (χ2v) is 9.15. The number of nitrogens with one attached hydrogen (secondary N) is 3. The van der Waals surface area contributed by atoms with Crippen LogP contribution in [0.25, 0.3) is 0 Å². The predicted molar refractivity (Wildman–Crippen MR) is 102 cm³/mol. The summed E-state index contributed by atoms with van der Waals surface area (Å²) in [6.45, 7) is 5.81. The number of sulfonamides is 1. The zero-order valence-corrected chi connectivity index (χ0v) is 17.0. The van der Waals surface area contributed by atoms with Gasteiger partial charge >= 0.3 is 6.03 Å². The Morgan fingerprint density at radius 1 is 1.21 bits per heavy atom. The summed E-state index contributed by atoms with van der Waals surface area (Å²) in [7, 11) is -3.90. The van der Waals surface area contributed by atoms with Crippen molar-refractivity contribution in [1.29, 1.82) is 0 Å². The normalized spacial score (nSPS) is 16.1. The molecule has 1 saturated heterocycles. The van der Waals surface area contributed by atoms with Crippen molar-refractivity contribution in [3.8, 4) is 0 Å². The van der Waals surface area contributed by atoms with E-state index < -0.39 is 27.8 Å². The third kappa shape index (κ3) is 6.25. The van der Waals surface area contributed by atoms with Crippen molar-refractivity contribution in [2.45, 2.75) is 25.2 Å². The van der Waals surface area contributed by atoms with Crippen LogP contribution in [0.3, 0.4) is 0 Å². The lowest BCUT2D eigenvalue weighted by Gasteiger charge is -2.31. The zero-order valence-electron chi connectivity index (χ0n) is 16.2. The molecule has 8 nitrogen and oxygen atoms in total. The third-order valence-corrected chi connectivity index (χ3v) is 6.49. The predicted octanol–water partition coefficient (Wildman–Crippen LogP) is -0.413. The summed E-state index contributed by atoms with van der Waals surface area (Å²) in [5.74, 6) is -0.736. The van der Waals surface area contributed by atoms with Gasteiger partial charge in [0.05, 0.1) is 26.2 Å². The van der Waals surface area contributed by atoms with Crippen LogP contribution in [0.1, 0.15) is 20.3 Å². The van der Waals surface area contributed by atoms with E-state index in [0.29, 0.717) is 25.6 Å². The molecule has 0 saturated carbocycles. The smallest absolute Gasteiger partial charge is 0.321 e. The zero-order chi connectivity index (χ0) is 20.7. The van der Waals surface area contributed by atoms with Crippen LogP contribution in [0.15, 0.2) is 29.2 Å². The molecule has 1 aliphatic rings. The van der Waals surface area contributed by atoms with Crippen molar-refractivity contribution in [2.75, 3.05) is 39.3 Å². The summed E-state index contributed by atoms with van der Waals surface area (Å²) < 4.78 is 40.2. The first-order valence-corrected chi connectivity index (χ1v) is 10.8. The summed E-state index contributed by atoms with van der Waals surface area (Å²) in [5, 5.41) is 4.91. The summed E-state index contributed by atoms with van der Waals surface area (Å²) in [6, 6.07) is 4.76. The molecule has 156 valence electrons. The molecule has 0 aromatic heterocycles. The molecule has 1 aliphatic heterocycles. The highest BCUT2D eigenvalue weighted by molar-refractivity contribution is 7.89. The first-order valence-electron chi connectivity index (χ1n) is 9.36. The van der Waals surface area contributed by atoms with Gasteiger partial charge in [-0.15, -0.1) is 0 Å². The maximum atomic E-state index is 13.8. The second kappa shape index (κ2) is 9.94. The fourth-order valence-electron chi connectivity index (χ4n) is 2.93. The molecule has 0 spiro atoms. The number of benzene rings is 1. The van der Waals surface area contributed by atoms with Crippen molar-refractivity contribution in [3.05, 3.63) is 30.1 Å². The molecule has 1 aromatic carbocycles. The van der Waals surface area contributed by atoms with E-state index in [-0.39, 0.29) is 24.5 Å². The van der Waals surface area contributed by atoms with E-state index in [9.17, 15) is 22.4 Å². The average molecular weight is 416 g/mol. The van der Waals surface area contributed by atoms with Crippen LogP contribution >= 0.6 is 0 Å². The molecule has 0 radical (unpaired) electrons. The van der Waals surface area contributed by atoms with Gasteiger partial charge in [-0.2, -0.15) is 4.31 Å². The minimum Gasteiger partial charge on any atom is -0.338 e. The van der Waals surface area contributed by atoms with Gasteiger partial charge in [0.2, 0.25) is 10.0 Å². The molecule has 0 aliphatic carbocycles. The maximum Gasteiger partial charge on any atom is 0.321 e. The Kier molecular flexibility index (Phi) is 7.90. The monoisotopic (exact) mass is 415 g/mol. The highest BCUT2D eigenvalue weighted by Crippen LogP contribution is 2.18. The molecule has 3 N–H and O–H groups in total. The van der Waals surface area contributed by atoms with Crippen molar-refractivity contribution in [1.82, 2.24) is 14.9 Å². The van der Waals surface area contributed by atoms with Crippen LogP contribution in [0.2, 0.25) is 0 Å². The number of carbonyl (C=O) groups is 2. The number of hydrogen-bond acceptors (Lipinski definition) is 4. The number of amides is 3. The van der Waals surface area contributed by atoms with Gasteiger partial charge in [-0.1, -0.05) is 26.0 Å². The number of piperazine rings is 1. The number of halogens is 1. The van der Waals surface area contributed by atoms with E-state index in [1.807, 2.05) is 13.8 Å². The summed E-state index contributed by atoms with van der Waals surface area (Å²) in [6.07, 6.45) is 0.825. The Balaban J connectivity index is 1.80. The number of quaternary nitrogens is 1. The molecule has 1 fully saturated rings. The van der Waals surface area contributed by atoms with E-state index >= 15 is 0 Å². The van der Waals surface area contributed by atoms with Crippen molar-refractivity contribution >= 4 is 22.0 Å². The number of hydrogen-bond donors (Lipinski definition) is 3. The van der Waals surface area contributed by atoms with Gasteiger partial charge in [0.15, 0.2) is 6.54 Å². The topological polar surface area (TPSA) is 100 Å². The van der Waals surface area contributed by atoms with E-state index in [1.165, 1.54) is 22.5 Å². The minimum absolute atomic E-state index is 0.0746. The fourth-order valence-corrected chi connectivity index (χ4v) is 4.44. The second-order valence-electron chi connectivity index (χ2n) is 7.25. The van der Waals surface area contributed by atoms with E-state index in [0.717, 1.165) is 17.4 Å². The van der Waals surface area contributed by atoms with Gasteiger partial charge in [0, 0.05) is 6.54 Å². The lowest BCUT2D eigenvalue weighted by Crippen LogP contribution is -3.15. The molecule has 10 heteroatoms. The SMILES string of the molecule is CC(C)CCNC(=O)NC(=O)C[NH+]1CCN(S(=O)(=O)c2ccccc2F)CC1. The highest BCUT2D eigenvalue weighted by Gasteiger charge is 2.32. The van der Waals surface area contributed by atoms with Crippen molar-refractivity contribution in [2.24, 2.45) is 5.92 Å². The summed E-state index contributed by atoms with van der Waals surface area (Å²) in [5.41, 5.74) is 0. The molecule has 3 amide bonds. The van der Waals surface area contributed by atoms with E-state index in [4.69, 9.17) is 0 Å². The van der Waals surface area contributed by atoms with Gasteiger partial charge in [0.1, 0.15) is 10.7 Å². The average Bonchev–Trinajstić information content (AvgIpc) is 2.62. The van der Waals surface area contributed by atoms with Crippen LogP contribution in [-0.2, 0) is 14.8 Å². The largest absolute Gasteiger partial charge is 0.338 e. The standard InChI is InChI=1S/C18H27FN4O4S/c1-14(2)7-8-20-18(25)21-17(24)13-22-9-11-23(12-10-22)28(26,27)16-6-4-3-5-15(16)19/h3-6,14H,7-13H2,1-2H3,(H2,20,21,24,25)/p+1. The minimum atomic E-state index is -3.90. The lowest BCUT2D eigenvalue weighted by atomic mass is 10.1.